The minimum absolute atomic E-state index is 0.232. The molecule has 0 radical (unpaired) electrons. The average Bonchev–Trinajstić information content (AvgIpc) is 2.36. The van der Waals surface area contributed by atoms with E-state index in [1.807, 2.05) is 44.0 Å². The second-order valence-corrected chi connectivity index (χ2v) is 5.20. The van der Waals surface area contributed by atoms with Crippen LogP contribution in [0.4, 0.5) is 0 Å². The number of likely N-dealkylation sites (N-methyl/N-ethyl adjacent to an activating group) is 1. The van der Waals surface area contributed by atoms with Gasteiger partial charge in [0.1, 0.15) is 0 Å². The van der Waals surface area contributed by atoms with E-state index in [1.165, 1.54) is 5.56 Å². The van der Waals surface area contributed by atoms with Crippen LogP contribution in [0, 0.1) is 5.41 Å². The SMILES string of the molecule is CCC(C)(C)C(=O)N(C)CCc1ccccc1. The van der Waals surface area contributed by atoms with Crippen LogP contribution in [0.25, 0.3) is 0 Å². The Kier molecular flexibility index (Phi) is 4.73. The van der Waals surface area contributed by atoms with Crippen molar-refractivity contribution in [1.29, 1.82) is 0 Å². The summed E-state index contributed by atoms with van der Waals surface area (Å²) in [5.41, 5.74) is 1.03. The fourth-order valence-electron chi connectivity index (χ4n) is 1.71. The van der Waals surface area contributed by atoms with Gasteiger partial charge in [0.15, 0.2) is 0 Å². The quantitative estimate of drug-likeness (QED) is 0.765. The van der Waals surface area contributed by atoms with Crippen molar-refractivity contribution < 1.29 is 4.79 Å². The van der Waals surface area contributed by atoms with Crippen molar-refractivity contribution in [3.05, 3.63) is 35.9 Å². The van der Waals surface area contributed by atoms with Crippen molar-refractivity contribution in [3.8, 4) is 0 Å². The van der Waals surface area contributed by atoms with E-state index in [4.69, 9.17) is 0 Å². The Morgan fingerprint density at radius 2 is 1.82 bits per heavy atom. The van der Waals surface area contributed by atoms with Crippen LogP contribution in [0.2, 0.25) is 0 Å². The van der Waals surface area contributed by atoms with E-state index in [-0.39, 0.29) is 11.3 Å². The van der Waals surface area contributed by atoms with E-state index in [2.05, 4.69) is 19.1 Å². The highest BCUT2D eigenvalue weighted by atomic mass is 16.2. The van der Waals surface area contributed by atoms with Crippen molar-refractivity contribution in [3.63, 3.8) is 0 Å². The Balaban J connectivity index is 2.50. The Hall–Kier alpha value is -1.31. The van der Waals surface area contributed by atoms with Crippen LogP contribution >= 0.6 is 0 Å². The third kappa shape index (κ3) is 3.88. The fraction of sp³-hybridized carbons (Fsp3) is 0.533. The summed E-state index contributed by atoms with van der Waals surface area (Å²) in [5.74, 6) is 0.232. The van der Waals surface area contributed by atoms with Crippen LogP contribution < -0.4 is 0 Å². The molecular formula is C15H23NO. The van der Waals surface area contributed by atoms with Crippen LogP contribution in [0.3, 0.4) is 0 Å². The molecule has 0 aliphatic heterocycles. The van der Waals surface area contributed by atoms with Crippen LogP contribution in [-0.4, -0.2) is 24.4 Å². The number of carbonyl (C=O) groups excluding carboxylic acids is 1. The molecule has 0 saturated heterocycles. The van der Waals surface area contributed by atoms with E-state index in [1.54, 1.807) is 0 Å². The Morgan fingerprint density at radius 3 is 2.35 bits per heavy atom. The van der Waals surface area contributed by atoms with Crippen LogP contribution in [0.1, 0.15) is 32.8 Å². The molecule has 1 aromatic rings. The number of hydrogen-bond donors (Lipinski definition) is 0. The number of rotatable bonds is 5. The van der Waals surface area contributed by atoms with Gasteiger partial charge in [0.25, 0.3) is 0 Å². The highest BCUT2D eigenvalue weighted by Crippen LogP contribution is 2.22. The van der Waals surface area contributed by atoms with Gasteiger partial charge in [-0.05, 0) is 18.4 Å². The molecule has 1 aromatic carbocycles. The molecule has 1 rings (SSSR count). The number of carbonyl (C=O) groups is 1. The van der Waals surface area contributed by atoms with Crippen LogP contribution in [0.15, 0.2) is 30.3 Å². The molecule has 0 bridgehead atoms. The second kappa shape index (κ2) is 5.85. The van der Waals surface area contributed by atoms with Gasteiger partial charge >= 0.3 is 0 Å². The Bertz CT molecular complexity index is 356. The van der Waals surface area contributed by atoms with Crippen molar-refractivity contribution in [2.24, 2.45) is 5.41 Å². The van der Waals surface area contributed by atoms with E-state index < -0.39 is 0 Å². The predicted octanol–water partition coefficient (Wildman–Crippen LogP) is 3.12. The van der Waals surface area contributed by atoms with Gasteiger partial charge in [0.2, 0.25) is 5.91 Å². The van der Waals surface area contributed by atoms with Crippen molar-refractivity contribution in [1.82, 2.24) is 4.90 Å². The maximum absolute atomic E-state index is 12.1. The Morgan fingerprint density at radius 1 is 1.24 bits per heavy atom. The molecule has 1 amide bonds. The van der Waals surface area contributed by atoms with E-state index in [0.717, 1.165) is 19.4 Å². The summed E-state index contributed by atoms with van der Waals surface area (Å²) in [6.45, 7) is 6.86. The zero-order valence-electron chi connectivity index (χ0n) is 11.4. The molecule has 0 spiro atoms. The molecule has 0 N–H and O–H groups in total. The monoisotopic (exact) mass is 233 g/mol. The summed E-state index contributed by atoms with van der Waals surface area (Å²) < 4.78 is 0. The molecule has 0 saturated carbocycles. The number of benzene rings is 1. The first-order valence-corrected chi connectivity index (χ1v) is 6.27. The first-order chi connectivity index (χ1) is 7.97. The molecule has 0 fully saturated rings. The smallest absolute Gasteiger partial charge is 0.227 e. The average molecular weight is 233 g/mol. The van der Waals surface area contributed by atoms with Gasteiger partial charge in [0.05, 0.1) is 0 Å². The molecule has 0 aliphatic carbocycles. The molecule has 0 aliphatic rings. The topological polar surface area (TPSA) is 20.3 Å². The highest BCUT2D eigenvalue weighted by Gasteiger charge is 2.27. The van der Waals surface area contributed by atoms with Crippen molar-refractivity contribution >= 4 is 5.91 Å². The zero-order chi connectivity index (χ0) is 12.9. The summed E-state index contributed by atoms with van der Waals surface area (Å²) in [7, 11) is 1.89. The van der Waals surface area contributed by atoms with Gasteiger partial charge in [0, 0.05) is 19.0 Å². The summed E-state index contributed by atoms with van der Waals surface area (Å²) >= 11 is 0. The van der Waals surface area contributed by atoms with E-state index in [0.29, 0.717) is 0 Å². The molecule has 0 unspecified atom stereocenters. The highest BCUT2D eigenvalue weighted by molar-refractivity contribution is 5.81. The number of amides is 1. The van der Waals surface area contributed by atoms with Gasteiger partial charge in [-0.3, -0.25) is 4.79 Å². The lowest BCUT2D eigenvalue weighted by molar-refractivity contribution is -0.139. The second-order valence-electron chi connectivity index (χ2n) is 5.20. The molecule has 0 aromatic heterocycles. The van der Waals surface area contributed by atoms with Gasteiger partial charge < -0.3 is 4.90 Å². The lowest BCUT2D eigenvalue weighted by Crippen LogP contribution is -2.39. The molecule has 17 heavy (non-hydrogen) atoms. The summed E-state index contributed by atoms with van der Waals surface area (Å²) in [6.07, 6.45) is 1.80. The normalized spacial score (nSPS) is 11.3. The first-order valence-electron chi connectivity index (χ1n) is 6.27. The molecule has 2 nitrogen and oxygen atoms in total. The molecule has 94 valence electrons. The molecular weight excluding hydrogens is 210 g/mol. The standard InChI is InChI=1S/C15H23NO/c1-5-15(2,3)14(17)16(4)12-11-13-9-7-6-8-10-13/h6-10H,5,11-12H2,1-4H3. The molecule has 0 heterocycles. The van der Waals surface area contributed by atoms with Crippen LogP contribution in [-0.2, 0) is 11.2 Å². The van der Waals surface area contributed by atoms with Crippen molar-refractivity contribution in [2.75, 3.05) is 13.6 Å². The minimum Gasteiger partial charge on any atom is -0.345 e. The first kappa shape index (κ1) is 13.8. The molecule has 0 atom stereocenters. The lowest BCUT2D eigenvalue weighted by Gasteiger charge is -2.28. The maximum atomic E-state index is 12.1. The van der Waals surface area contributed by atoms with E-state index in [9.17, 15) is 4.79 Å². The maximum Gasteiger partial charge on any atom is 0.227 e. The Labute approximate surface area is 105 Å². The lowest BCUT2D eigenvalue weighted by atomic mass is 9.88. The summed E-state index contributed by atoms with van der Waals surface area (Å²) in [5, 5.41) is 0. The minimum atomic E-state index is -0.245. The van der Waals surface area contributed by atoms with Gasteiger partial charge in [-0.1, -0.05) is 51.1 Å². The summed E-state index contributed by atoms with van der Waals surface area (Å²) in [4.78, 5) is 14.0. The van der Waals surface area contributed by atoms with Gasteiger partial charge in [-0.2, -0.15) is 0 Å². The third-order valence-electron chi connectivity index (χ3n) is 3.39. The predicted molar refractivity (Wildman–Crippen MR) is 71.9 cm³/mol. The molecule has 2 heteroatoms. The van der Waals surface area contributed by atoms with Gasteiger partial charge in [-0.25, -0.2) is 0 Å². The number of nitrogens with zero attached hydrogens (tertiary/aromatic N) is 1. The third-order valence-corrected chi connectivity index (χ3v) is 3.39. The summed E-state index contributed by atoms with van der Waals surface area (Å²) in [6, 6.07) is 10.3. The van der Waals surface area contributed by atoms with Gasteiger partial charge in [-0.15, -0.1) is 0 Å². The van der Waals surface area contributed by atoms with E-state index >= 15 is 0 Å². The largest absolute Gasteiger partial charge is 0.345 e. The van der Waals surface area contributed by atoms with Crippen molar-refractivity contribution in [2.45, 2.75) is 33.6 Å². The number of hydrogen-bond acceptors (Lipinski definition) is 1. The zero-order valence-corrected chi connectivity index (χ0v) is 11.4. The fourth-order valence-corrected chi connectivity index (χ4v) is 1.71. The van der Waals surface area contributed by atoms with Crippen LogP contribution in [0.5, 0.6) is 0 Å².